The Morgan fingerprint density at radius 3 is 2.05 bits per heavy atom. The molecule has 0 bridgehead atoms. The average Bonchev–Trinajstić information content (AvgIpc) is 2.55. The molecule has 1 fully saturated rings. The van der Waals surface area contributed by atoms with Gasteiger partial charge in [0.1, 0.15) is 0 Å². The quantitative estimate of drug-likeness (QED) is 0.435. The monoisotopic (exact) mass is 278 g/mol. The number of carbonyl (C=O) groups is 1. The third-order valence-corrected chi connectivity index (χ3v) is 4.16. The Morgan fingerprint density at radius 1 is 1.15 bits per heavy atom. The summed E-state index contributed by atoms with van der Waals surface area (Å²) in [4.78, 5) is 11.9. The number of Topliss-reactive ketones (excluding diaryl/α,β-unsaturated/α-hetero) is 1. The fourth-order valence-corrected chi connectivity index (χ4v) is 2.02. The van der Waals surface area contributed by atoms with Crippen molar-refractivity contribution in [1.29, 1.82) is 0 Å². The van der Waals surface area contributed by atoms with Crippen molar-refractivity contribution in [2.45, 2.75) is 72.5 Å². The van der Waals surface area contributed by atoms with Crippen molar-refractivity contribution < 1.29 is 14.1 Å². The molecule has 0 radical (unpaired) electrons. The van der Waals surface area contributed by atoms with Gasteiger partial charge in [0.2, 0.25) is 0 Å². The van der Waals surface area contributed by atoms with Crippen LogP contribution in [0.1, 0.15) is 61.3 Å². The Bertz CT molecular complexity index is 417. The lowest BCUT2D eigenvalue weighted by Crippen LogP contribution is -2.41. The first-order valence-corrected chi connectivity index (χ1v) is 7.38. The lowest BCUT2D eigenvalue weighted by Gasteiger charge is -2.32. The van der Waals surface area contributed by atoms with Crippen molar-refractivity contribution in [2.24, 2.45) is 0 Å². The highest BCUT2D eigenvalue weighted by Gasteiger charge is 2.51. The highest BCUT2D eigenvalue weighted by Crippen LogP contribution is 2.38. The molecule has 1 heterocycles. The fourth-order valence-electron chi connectivity index (χ4n) is 2.02. The van der Waals surface area contributed by atoms with E-state index in [1.54, 1.807) is 0 Å². The van der Waals surface area contributed by atoms with Crippen LogP contribution in [0.2, 0.25) is 0 Å². The van der Waals surface area contributed by atoms with Crippen molar-refractivity contribution in [3.05, 3.63) is 23.2 Å². The highest BCUT2D eigenvalue weighted by molar-refractivity contribution is 6.55. The molecule has 0 amide bonds. The van der Waals surface area contributed by atoms with Crippen LogP contribution in [-0.2, 0) is 14.1 Å². The van der Waals surface area contributed by atoms with Gasteiger partial charge in [0.05, 0.1) is 11.2 Å². The molecule has 1 saturated heterocycles. The van der Waals surface area contributed by atoms with E-state index in [4.69, 9.17) is 9.31 Å². The molecular formula is C16H27BO3. The van der Waals surface area contributed by atoms with Crippen LogP contribution in [0.5, 0.6) is 0 Å². The highest BCUT2D eigenvalue weighted by atomic mass is 16.7. The average molecular weight is 278 g/mol. The Labute approximate surface area is 123 Å². The van der Waals surface area contributed by atoms with E-state index in [1.165, 1.54) is 0 Å². The van der Waals surface area contributed by atoms with E-state index >= 15 is 0 Å². The molecule has 112 valence electrons. The van der Waals surface area contributed by atoms with Crippen LogP contribution in [0, 0.1) is 0 Å². The van der Waals surface area contributed by atoms with Gasteiger partial charge < -0.3 is 9.31 Å². The summed E-state index contributed by atoms with van der Waals surface area (Å²) < 4.78 is 12.0. The number of rotatable bonds is 5. The molecular weight excluding hydrogens is 251 g/mol. The van der Waals surface area contributed by atoms with E-state index < -0.39 is 7.12 Å². The van der Waals surface area contributed by atoms with Crippen molar-refractivity contribution >= 4 is 12.9 Å². The first-order valence-electron chi connectivity index (χ1n) is 7.38. The van der Waals surface area contributed by atoms with E-state index in [0.29, 0.717) is 6.42 Å². The van der Waals surface area contributed by atoms with Gasteiger partial charge in [-0.25, -0.2) is 0 Å². The van der Waals surface area contributed by atoms with Crippen molar-refractivity contribution in [2.75, 3.05) is 0 Å². The summed E-state index contributed by atoms with van der Waals surface area (Å²) in [5.74, 6) is 0.184. The predicted molar refractivity (Wildman–Crippen MR) is 83.5 cm³/mol. The van der Waals surface area contributed by atoms with E-state index in [-0.39, 0.29) is 17.0 Å². The smallest absolute Gasteiger partial charge is 0.399 e. The second-order valence-electron chi connectivity index (χ2n) is 6.38. The molecule has 20 heavy (non-hydrogen) atoms. The zero-order valence-electron chi connectivity index (χ0n) is 13.9. The summed E-state index contributed by atoms with van der Waals surface area (Å²) in [7, 11) is -0.408. The summed E-state index contributed by atoms with van der Waals surface area (Å²) in [5, 5.41) is 0. The maximum Gasteiger partial charge on any atom is 0.494 e. The van der Waals surface area contributed by atoms with Gasteiger partial charge in [0, 0.05) is 6.42 Å². The Balaban J connectivity index is 2.90. The summed E-state index contributed by atoms with van der Waals surface area (Å²) in [6, 6.07) is 0. The predicted octanol–water partition coefficient (Wildman–Crippen LogP) is 3.88. The summed E-state index contributed by atoms with van der Waals surface area (Å²) in [5.41, 5.74) is 0.947. The SMILES string of the molecule is C/C=C(\C=C(\C)C(=O)CCC)B1OC(C)(C)C(C)(C)O1. The minimum atomic E-state index is -0.408. The van der Waals surface area contributed by atoms with Crippen molar-refractivity contribution in [1.82, 2.24) is 0 Å². The molecule has 1 rings (SSSR count). The van der Waals surface area contributed by atoms with Crippen LogP contribution in [0.3, 0.4) is 0 Å². The lowest BCUT2D eigenvalue weighted by molar-refractivity contribution is -0.115. The number of allylic oxidation sites excluding steroid dienone is 4. The van der Waals surface area contributed by atoms with Crippen molar-refractivity contribution in [3.8, 4) is 0 Å². The first-order chi connectivity index (χ1) is 9.14. The standard InChI is InChI=1S/C16H27BO3/c1-8-10-14(18)12(3)11-13(9-2)17-19-15(4,5)16(6,7)20-17/h9,11H,8,10H2,1-7H3/b12-11-,13-9+. The third kappa shape index (κ3) is 3.61. The molecule has 0 aromatic rings. The van der Waals surface area contributed by atoms with Crippen LogP contribution >= 0.6 is 0 Å². The molecule has 0 aliphatic carbocycles. The molecule has 0 aromatic heterocycles. The summed E-state index contributed by atoms with van der Waals surface area (Å²) in [6.07, 6.45) is 5.29. The molecule has 0 unspecified atom stereocenters. The number of ketones is 1. The fraction of sp³-hybridized carbons (Fsp3) is 0.688. The van der Waals surface area contributed by atoms with Crippen molar-refractivity contribution in [3.63, 3.8) is 0 Å². The van der Waals surface area contributed by atoms with Gasteiger partial charge in [0.25, 0.3) is 0 Å². The lowest BCUT2D eigenvalue weighted by atomic mass is 9.76. The third-order valence-electron chi connectivity index (χ3n) is 4.16. The molecule has 0 spiro atoms. The largest absolute Gasteiger partial charge is 0.494 e. The van der Waals surface area contributed by atoms with Gasteiger partial charge in [-0.1, -0.05) is 19.1 Å². The minimum absolute atomic E-state index is 0.184. The summed E-state index contributed by atoms with van der Waals surface area (Å²) >= 11 is 0. The van der Waals surface area contributed by atoms with Gasteiger partial charge in [-0.3, -0.25) is 4.79 Å². The van der Waals surface area contributed by atoms with Gasteiger partial charge in [0.15, 0.2) is 5.78 Å². The van der Waals surface area contributed by atoms with Gasteiger partial charge in [-0.05, 0) is 59.0 Å². The Morgan fingerprint density at radius 2 is 1.65 bits per heavy atom. The molecule has 1 aliphatic heterocycles. The molecule has 4 heteroatoms. The van der Waals surface area contributed by atoms with E-state index in [2.05, 4.69) is 0 Å². The van der Waals surface area contributed by atoms with Crippen LogP contribution in [0.4, 0.5) is 0 Å². The number of hydrogen-bond acceptors (Lipinski definition) is 3. The maximum atomic E-state index is 11.9. The molecule has 0 atom stereocenters. The molecule has 0 N–H and O–H groups in total. The number of hydrogen-bond donors (Lipinski definition) is 0. The normalized spacial score (nSPS) is 22.2. The topological polar surface area (TPSA) is 35.5 Å². The van der Waals surface area contributed by atoms with Crippen LogP contribution in [0.15, 0.2) is 23.2 Å². The molecule has 3 nitrogen and oxygen atoms in total. The van der Waals surface area contributed by atoms with Crippen LogP contribution in [-0.4, -0.2) is 24.1 Å². The zero-order chi connectivity index (χ0) is 15.6. The Hall–Kier alpha value is -0.865. The van der Waals surface area contributed by atoms with Gasteiger partial charge in [-0.15, -0.1) is 0 Å². The molecule has 0 aromatic carbocycles. The van der Waals surface area contributed by atoms with E-state index in [1.807, 2.05) is 60.6 Å². The van der Waals surface area contributed by atoms with Gasteiger partial charge >= 0.3 is 7.12 Å². The molecule has 0 saturated carbocycles. The van der Waals surface area contributed by atoms with Crippen LogP contribution in [0.25, 0.3) is 0 Å². The second-order valence-corrected chi connectivity index (χ2v) is 6.38. The van der Waals surface area contributed by atoms with E-state index in [0.717, 1.165) is 17.5 Å². The minimum Gasteiger partial charge on any atom is -0.399 e. The summed E-state index contributed by atoms with van der Waals surface area (Å²) in [6.45, 7) is 13.9. The van der Waals surface area contributed by atoms with Gasteiger partial charge in [-0.2, -0.15) is 0 Å². The zero-order valence-corrected chi connectivity index (χ0v) is 13.9. The molecule has 1 aliphatic rings. The maximum absolute atomic E-state index is 11.9. The van der Waals surface area contributed by atoms with E-state index in [9.17, 15) is 4.79 Å². The Kier molecular flexibility index (Phi) is 5.39. The second kappa shape index (κ2) is 6.27. The van der Waals surface area contributed by atoms with Crippen LogP contribution < -0.4 is 0 Å². The number of carbonyl (C=O) groups excluding carboxylic acids is 1. The first kappa shape index (κ1) is 17.2.